The number of hydrogen-bond donors (Lipinski definition) is 2. The van der Waals surface area contributed by atoms with Crippen molar-refractivity contribution in [3.05, 3.63) is 39.7 Å². The number of aryl methyl sites for hydroxylation is 2. The lowest BCUT2D eigenvalue weighted by molar-refractivity contribution is 0.102. The molecule has 0 saturated carbocycles. The lowest BCUT2D eigenvalue weighted by Crippen LogP contribution is -2.13. The Labute approximate surface area is 103 Å². The molecule has 0 bridgehead atoms. The van der Waals surface area contributed by atoms with E-state index in [9.17, 15) is 4.79 Å². The van der Waals surface area contributed by atoms with Crippen LogP contribution in [0.4, 0.5) is 11.5 Å². The SMILES string of the molecule is Cc1cc(NC(=O)c2cscc2C)ncc1N. The number of nitrogens with two attached hydrogens (primary N) is 1. The molecule has 0 saturated heterocycles. The molecule has 0 aliphatic heterocycles. The fourth-order valence-electron chi connectivity index (χ4n) is 1.41. The first-order chi connectivity index (χ1) is 8.08. The molecule has 0 radical (unpaired) electrons. The van der Waals surface area contributed by atoms with Gasteiger partial charge in [0.25, 0.3) is 5.91 Å². The van der Waals surface area contributed by atoms with Crippen LogP contribution in [0.25, 0.3) is 0 Å². The van der Waals surface area contributed by atoms with E-state index in [1.54, 1.807) is 12.3 Å². The van der Waals surface area contributed by atoms with Gasteiger partial charge in [0.15, 0.2) is 0 Å². The number of carbonyl (C=O) groups is 1. The molecule has 4 nitrogen and oxygen atoms in total. The average Bonchev–Trinajstić information content (AvgIpc) is 2.70. The van der Waals surface area contributed by atoms with Crippen molar-refractivity contribution in [3.8, 4) is 0 Å². The van der Waals surface area contributed by atoms with Crippen LogP contribution in [0.3, 0.4) is 0 Å². The van der Waals surface area contributed by atoms with Gasteiger partial charge >= 0.3 is 0 Å². The van der Waals surface area contributed by atoms with Gasteiger partial charge in [-0.3, -0.25) is 4.79 Å². The maximum atomic E-state index is 11.9. The quantitative estimate of drug-likeness (QED) is 0.857. The normalized spacial score (nSPS) is 10.2. The lowest BCUT2D eigenvalue weighted by Gasteiger charge is -2.06. The minimum Gasteiger partial charge on any atom is -0.397 e. The van der Waals surface area contributed by atoms with Crippen LogP contribution in [-0.4, -0.2) is 10.9 Å². The van der Waals surface area contributed by atoms with Crippen molar-refractivity contribution >= 4 is 28.7 Å². The highest BCUT2D eigenvalue weighted by Gasteiger charge is 2.10. The summed E-state index contributed by atoms with van der Waals surface area (Å²) in [6.07, 6.45) is 1.55. The van der Waals surface area contributed by atoms with E-state index in [1.807, 2.05) is 24.6 Å². The van der Waals surface area contributed by atoms with Gasteiger partial charge in [0.05, 0.1) is 17.4 Å². The predicted octanol–water partition coefficient (Wildman–Crippen LogP) is 2.59. The molecule has 17 heavy (non-hydrogen) atoms. The topological polar surface area (TPSA) is 68.0 Å². The third-order valence-electron chi connectivity index (χ3n) is 2.49. The molecule has 2 aromatic rings. The highest BCUT2D eigenvalue weighted by molar-refractivity contribution is 7.08. The monoisotopic (exact) mass is 247 g/mol. The molecule has 0 fully saturated rings. The van der Waals surface area contributed by atoms with Crippen LogP contribution < -0.4 is 11.1 Å². The maximum Gasteiger partial charge on any atom is 0.257 e. The van der Waals surface area contributed by atoms with Crippen molar-refractivity contribution < 1.29 is 4.79 Å². The Bertz CT molecular complexity index is 563. The van der Waals surface area contributed by atoms with Crippen LogP contribution in [0.2, 0.25) is 0 Å². The van der Waals surface area contributed by atoms with Gasteiger partial charge in [0.2, 0.25) is 0 Å². The van der Waals surface area contributed by atoms with Crippen LogP contribution in [0, 0.1) is 13.8 Å². The molecule has 5 heteroatoms. The average molecular weight is 247 g/mol. The summed E-state index contributed by atoms with van der Waals surface area (Å²) in [7, 11) is 0. The molecule has 0 aliphatic carbocycles. The molecular formula is C12H13N3OS. The summed E-state index contributed by atoms with van der Waals surface area (Å²) < 4.78 is 0. The molecule has 0 atom stereocenters. The van der Waals surface area contributed by atoms with E-state index in [4.69, 9.17) is 5.73 Å². The van der Waals surface area contributed by atoms with Gasteiger partial charge in [-0.2, -0.15) is 11.3 Å². The third kappa shape index (κ3) is 2.45. The van der Waals surface area contributed by atoms with Gasteiger partial charge in [0, 0.05) is 5.38 Å². The Morgan fingerprint density at radius 2 is 2.12 bits per heavy atom. The summed E-state index contributed by atoms with van der Waals surface area (Å²) in [5.41, 5.74) is 8.84. The molecule has 1 amide bonds. The van der Waals surface area contributed by atoms with Crippen LogP contribution in [0.15, 0.2) is 23.0 Å². The van der Waals surface area contributed by atoms with E-state index in [-0.39, 0.29) is 5.91 Å². The minimum atomic E-state index is -0.138. The van der Waals surface area contributed by atoms with Crippen molar-refractivity contribution in [2.45, 2.75) is 13.8 Å². The van der Waals surface area contributed by atoms with E-state index in [0.717, 1.165) is 11.1 Å². The maximum absolute atomic E-state index is 11.9. The van der Waals surface area contributed by atoms with Crippen molar-refractivity contribution in [1.82, 2.24) is 4.98 Å². The molecule has 2 rings (SSSR count). The van der Waals surface area contributed by atoms with Crippen molar-refractivity contribution in [2.24, 2.45) is 0 Å². The zero-order chi connectivity index (χ0) is 12.4. The third-order valence-corrected chi connectivity index (χ3v) is 3.35. The standard InChI is InChI=1S/C12H13N3OS/c1-7-3-11(14-4-10(7)13)15-12(16)9-6-17-5-8(9)2/h3-6H,13H2,1-2H3,(H,14,15,16). The van der Waals surface area contributed by atoms with Gasteiger partial charge in [0.1, 0.15) is 5.82 Å². The van der Waals surface area contributed by atoms with Crippen molar-refractivity contribution in [1.29, 1.82) is 0 Å². The van der Waals surface area contributed by atoms with Gasteiger partial charge in [-0.1, -0.05) is 0 Å². The van der Waals surface area contributed by atoms with Gasteiger partial charge in [-0.05, 0) is 36.4 Å². The number of aromatic nitrogens is 1. The predicted molar refractivity (Wildman–Crippen MR) is 70.4 cm³/mol. The first-order valence-corrected chi connectivity index (χ1v) is 6.08. The minimum absolute atomic E-state index is 0.138. The number of pyridine rings is 1. The second-order valence-corrected chi connectivity index (χ2v) is 4.59. The van der Waals surface area contributed by atoms with Gasteiger partial charge in [-0.25, -0.2) is 4.98 Å². The van der Waals surface area contributed by atoms with Crippen LogP contribution in [0.5, 0.6) is 0 Å². The number of nitrogen functional groups attached to an aromatic ring is 1. The zero-order valence-electron chi connectivity index (χ0n) is 9.65. The summed E-state index contributed by atoms with van der Waals surface area (Å²) in [4.78, 5) is 16.0. The highest BCUT2D eigenvalue weighted by Crippen LogP contribution is 2.17. The summed E-state index contributed by atoms with van der Waals surface area (Å²) in [5.74, 6) is 0.382. The van der Waals surface area contributed by atoms with Crippen molar-refractivity contribution in [3.63, 3.8) is 0 Å². The summed E-state index contributed by atoms with van der Waals surface area (Å²) >= 11 is 1.51. The first-order valence-electron chi connectivity index (χ1n) is 5.14. The molecule has 0 aromatic carbocycles. The molecule has 0 spiro atoms. The molecule has 2 heterocycles. The Morgan fingerprint density at radius 1 is 1.35 bits per heavy atom. The fraction of sp³-hybridized carbons (Fsp3) is 0.167. The van der Waals surface area contributed by atoms with Crippen LogP contribution >= 0.6 is 11.3 Å². The fourth-order valence-corrected chi connectivity index (χ4v) is 2.24. The van der Waals surface area contributed by atoms with E-state index in [0.29, 0.717) is 17.1 Å². The molecule has 0 unspecified atom stereocenters. The van der Waals surface area contributed by atoms with Gasteiger partial charge in [-0.15, -0.1) is 0 Å². The summed E-state index contributed by atoms with van der Waals surface area (Å²) in [6, 6.07) is 1.76. The summed E-state index contributed by atoms with van der Waals surface area (Å²) in [6.45, 7) is 3.79. The molecular weight excluding hydrogens is 234 g/mol. The Morgan fingerprint density at radius 3 is 2.71 bits per heavy atom. The van der Waals surface area contributed by atoms with E-state index < -0.39 is 0 Å². The van der Waals surface area contributed by atoms with Crippen LogP contribution in [0.1, 0.15) is 21.5 Å². The zero-order valence-corrected chi connectivity index (χ0v) is 10.5. The summed E-state index contributed by atoms with van der Waals surface area (Å²) in [5, 5.41) is 6.52. The Kier molecular flexibility index (Phi) is 3.10. The second kappa shape index (κ2) is 4.55. The number of rotatable bonds is 2. The Balaban J connectivity index is 2.19. The second-order valence-electron chi connectivity index (χ2n) is 3.85. The number of hydrogen-bond acceptors (Lipinski definition) is 4. The van der Waals surface area contributed by atoms with Gasteiger partial charge < -0.3 is 11.1 Å². The van der Waals surface area contributed by atoms with Crippen molar-refractivity contribution in [2.75, 3.05) is 11.1 Å². The molecule has 3 N–H and O–H groups in total. The number of nitrogens with zero attached hydrogens (tertiary/aromatic N) is 1. The van der Waals surface area contributed by atoms with E-state index in [2.05, 4.69) is 10.3 Å². The van der Waals surface area contributed by atoms with E-state index in [1.165, 1.54) is 11.3 Å². The molecule has 0 aliphatic rings. The van der Waals surface area contributed by atoms with E-state index >= 15 is 0 Å². The number of anilines is 2. The number of amides is 1. The highest BCUT2D eigenvalue weighted by atomic mass is 32.1. The molecule has 88 valence electrons. The Hall–Kier alpha value is -1.88. The van der Waals surface area contributed by atoms with Crippen LogP contribution in [-0.2, 0) is 0 Å². The number of carbonyl (C=O) groups excluding carboxylic acids is 1. The molecule has 2 aromatic heterocycles. The largest absolute Gasteiger partial charge is 0.397 e. The lowest BCUT2D eigenvalue weighted by atomic mass is 10.2. The number of nitrogens with one attached hydrogen (secondary N) is 1. The smallest absolute Gasteiger partial charge is 0.257 e. The number of thiophene rings is 1. The first kappa shape index (κ1) is 11.6.